The number of hydrogen-bond donors (Lipinski definition) is 0. The Morgan fingerprint density at radius 2 is 1.55 bits per heavy atom. The van der Waals surface area contributed by atoms with E-state index in [1.54, 1.807) is 0 Å². The Hall–Kier alpha value is -0.490. The van der Waals surface area contributed by atoms with Crippen LogP contribution in [0.4, 0.5) is 0 Å². The normalized spacial score (nSPS) is 13.4. The Bertz CT molecular complexity index is 364. The van der Waals surface area contributed by atoms with E-state index in [0.717, 1.165) is 12.8 Å². The first-order valence-corrected chi connectivity index (χ1v) is 8.69. The van der Waals surface area contributed by atoms with Crippen LogP contribution in [-0.2, 0) is 5.41 Å². The second-order valence-electron chi connectivity index (χ2n) is 6.53. The monoisotopic (exact) mass is 294 g/mol. The number of alkyl halides is 1. The van der Waals surface area contributed by atoms with E-state index in [0.29, 0.717) is 0 Å². The van der Waals surface area contributed by atoms with Crippen molar-refractivity contribution in [2.24, 2.45) is 0 Å². The van der Waals surface area contributed by atoms with Gasteiger partial charge in [0.25, 0.3) is 0 Å². The van der Waals surface area contributed by atoms with Crippen molar-refractivity contribution >= 4 is 11.6 Å². The van der Waals surface area contributed by atoms with Gasteiger partial charge in [-0.15, -0.1) is 11.6 Å². The van der Waals surface area contributed by atoms with Gasteiger partial charge in [0.05, 0.1) is 5.38 Å². The predicted octanol–water partition coefficient (Wildman–Crippen LogP) is 7.01. The van der Waals surface area contributed by atoms with Gasteiger partial charge in [0.2, 0.25) is 0 Å². The molecule has 1 heteroatoms. The molecule has 1 rings (SSSR count). The molecule has 0 heterocycles. The fraction of sp³-hybridized carbons (Fsp3) is 0.684. The first-order valence-electron chi connectivity index (χ1n) is 8.25. The minimum absolute atomic E-state index is 0.176. The smallest absolute Gasteiger partial charge is 0.0585 e. The van der Waals surface area contributed by atoms with Crippen LogP contribution in [-0.4, -0.2) is 0 Å². The molecule has 0 N–H and O–H groups in total. The van der Waals surface area contributed by atoms with Gasteiger partial charge in [0.1, 0.15) is 0 Å². The van der Waals surface area contributed by atoms with Gasteiger partial charge in [0.15, 0.2) is 0 Å². The van der Waals surface area contributed by atoms with Crippen molar-refractivity contribution in [2.45, 2.75) is 83.4 Å². The van der Waals surface area contributed by atoms with E-state index in [1.807, 2.05) is 0 Å². The zero-order valence-corrected chi connectivity index (χ0v) is 14.5. The maximum absolute atomic E-state index is 6.52. The van der Waals surface area contributed by atoms with Crippen LogP contribution in [0.15, 0.2) is 24.3 Å². The van der Waals surface area contributed by atoms with Crippen molar-refractivity contribution in [1.29, 1.82) is 0 Å². The van der Waals surface area contributed by atoms with Crippen molar-refractivity contribution < 1.29 is 0 Å². The SMILES string of the molecule is CCCCCCCC(Cl)c1ccc(C(C)(C)CC)cc1. The Morgan fingerprint density at radius 1 is 0.950 bits per heavy atom. The fourth-order valence-corrected chi connectivity index (χ4v) is 2.74. The van der Waals surface area contributed by atoms with E-state index in [-0.39, 0.29) is 10.8 Å². The first kappa shape index (κ1) is 17.6. The maximum atomic E-state index is 6.52. The summed E-state index contributed by atoms with van der Waals surface area (Å²) in [7, 11) is 0. The van der Waals surface area contributed by atoms with Gasteiger partial charge < -0.3 is 0 Å². The number of hydrogen-bond acceptors (Lipinski definition) is 0. The molecule has 0 aliphatic carbocycles. The molecule has 0 amide bonds. The van der Waals surface area contributed by atoms with E-state index < -0.39 is 0 Å². The van der Waals surface area contributed by atoms with E-state index in [4.69, 9.17) is 11.6 Å². The van der Waals surface area contributed by atoms with Gasteiger partial charge in [-0.2, -0.15) is 0 Å². The van der Waals surface area contributed by atoms with Gasteiger partial charge in [-0.05, 0) is 29.4 Å². The Balaban J connectivity index is 2.47. The number of rotatable bonds is 9. The summed E-state index contributed by atoms with van der Waals surface area (Å²) in [5.74, 6) is 0. The molecule has 1 unspecified atom stereocenters. The number of unbranched alkanes of at least 4 members (excludes halogenated alkanes) is 4. The lowest BCUT2D eigenvalue weighted by molar-refractivity contribution is 0.506. The molecular weight excluding hydrogens is 264 g/mol. The van der Waals surface area contributed by atoms with Gasteiger partial charge in [-0.25, -0.2) is 0 Å². The fourth-order valence-electron chi connectivity index (χ4n) is 2.44. The predicted molar refractivity (Wildman–Crippen MR) is 91.7 cm³/mol. The first-order chi connectivity index (χ1) is 9.51. The highest BCUT2D eigenvalue weighted by atomic mass is 35.5. The van der Waals surface area contributed by atoms with Crippen molar-refractivity contribution in [3.05, 3.63) is 35.4 Å². The van der Waals surface area contributed by atoms with Gasteiger partial charge in [-0.3, -0.25) is 0 Å². The molecule has 20 heavy (non-hydrogen) atoms. The highest BCUT2D eigenvalue weighted by Gasteiger charge is 2.18. The summed E-state index contributed by atoms with van der Waals surface area (Å²) in [6.07, 6.45) is 8.83. The molecule has 0 saturated heterocycles. The quantitative estimate of drug-likeness (QED) is 0.339. The average molecular weight is 295 g/mol. The van der Waals surface area contributed by atoms with Gasteiger partial charge >= 0.3 is 0 Å². The molecule has 0 saturated carbocycles. The van der Waals surface area contributed by atoms with E-state index in [2.05, 4.69) is 52.0 Å². The molecule has 0 fully saturated rings. The van der Waals surface area contributed by atoms with E-state index in [9.17, 15) is 0 Å². The molecular formula is C19H31Cl. The minimum atomic E-state index is 0.176. The molecule has 1 aromatic carbocycles. The van der Waals surface area contributed by atoms with Crippen LogP contribution < -0.4 is 0 Å². The van der Waals surface area contributed by atoms with Crippen LogP contribution in [0, 0.1) is 0 Å². The second kappa shape index (κ2) is 8.72. The zero-order chi connectivity index (χ0) is 15.0. The second-order valence-corrected chi connectivity index (χ2v) is 7.06. The highest BCUT2D eigenvalue weighted by Crippen LogP contribution is 2.31. The van der Waals surface area contributed by atoms with Crippen LogP contribution in [0.1, 0.15) is 89.1 Å². The van der Waals surface area contributed by atoms with Gasteiger partial charge in [0, 0.05) is 0 Å². The molecule has 0 aromatic heterocycles. The molecule has 1 aromatic rings. The van der Waals surface area contributed by atoms with E-state index in [1.165, 1.54) is 43.2 Å². The lowest BCUT2D eigenvalue weighted by Crippen LogP contribution is -2.15. The van der Waals surface area contributed by atoms with E-state index >= 15 is 0 Å². The van der Waals surface area contributed by atoms with Gasteiger partial charge in [-0.1, -0.05) is 84.1 Å². The van der Waals surface area contributed by atoms with Crippen molar-refractivity contribution in [2.75, 3.05) is 0 Å². The average Bonchev–Trinajstić information content (AvgIpc) is 2.47. The Kier molecular flexibility index (Phi) is 7.66. The lowest BCUT2D eigenvalue weighted by Gasteiger charge is -2.23. The molecule has 0 aliphatic heterocycles. The topological polar surface area (TPSA) is 0 Å². The number of benzene rings is 1. The van der Waals surface area contributed by atoms with Crippen molar-refractivity contribution in [1.82, 2.24) is 0 Å². The Labute approximate surface area is 130 Å². The zero-order valence-electron chi connectivity index (χ0n) is 13.7. The van der Waals surface area contributed by atoms with Crippen LogP contribution in [0.2, 0.25) is 0 Å². The molecule has 1 atom stereocenters. The molecule has 0 nitrogen and oxygen atoms in total. The third kappa shape index (κ3) is 5.48. The summed E-state index contributed by atoms with van der Waals surface area (Å²) in [6.45, 7) is 9.10. The molecule has 0 radical (unpaired) electrons. The number of halogens is 1. The third-order valence-corrected chi connectivity index (χ3v) is 4.97. The van der Waals surface area contributed by atoms with Crippen LogP contribution in [0.25, 0.3) is 0 Å². The largest absolute Gasteiger partial charge is 0.118 e. The maximum Gasteiger partial charge on any atom is 0.0585 e. The molecule has 0 bridgehead atoms. The summed E-state index contributed by atoms with van der Waals surface area (Å²) < 4.78 is 0. The highest BCUT2D eigenvalue weighted by molar-refractivity contribution is 6.20. The van der Waals surface area contributed by atoms with Crippen molar-refractivity contribution in [3.63, 3.8) is 0 Å². The van der Waals surface area contributed by atoms with Crippen LogP contribution in [0.3, 0.4) is 0 Å². The van der Waals surface area contributed by atoms with Crippen molar-refractivity contribution in [3.8, 4) is 0 Å². The summed E-state index contributed by atoms with van der Waals surface area (Å²) in [6, 6.07) is 8.95. The molecule has 114 valence electrons. The standard InChI is InChI=1S/C19H31Cl/c1-5-7-8-9-10-11-18(20)16-12-14-17(15-13-16)19(3,4)6-2/h12-15,18H,5-11H2,1-4H3. The molecule has 0 aliphatic rings. The minimum Gasteiger partial charge on any atom is -0.118 e. The summed E-state index contributed by atoms with van der Waals surface area (Å²) in [5.41, 5.74) is 2.95. The van der Waals surface area contributed by atoms with Crippen LogP contribution in [0.5, 0.6) is 0 Å². The molecule has 0 spiro atoms. The Morgan fingerprint density at radius 3 is 2.10 bits per heavy atom. The lowest BCUT2D eigenvalue weighted by atomic mass is 9.82. The summed E-state index contributed by atoms with van der Waals surface area (Å²) in [5, 5.41) is 0.176. The third-order valence-electron chi connectivity index (χ3n) is 4.50. The van der Waals surface area contributed by atoms with Crippen LogP contribution >= 0.6 is 11.6 Å². The summed E-state index contributed by atoms with van der Waals surface area (Å²) >= 11 is 6.52. The summed E-state index contributed by atoms with van der Waals surface area (Å²) in [4.78, 5) is 0.